The van der Waals surface area contributed by atoms with Crippen molar-refractivity contribution in [1.82, 2.24) is 10.2 Å². The number of nitrogens with zero attached hydrogens (tertiary/aromatic N) is 2. The van der Waals surface area contributed by atoms with E-state index in [9.17, 15) is 19.6 Å². The molecule has 1 aromatic carbocycles. The summed E-state index contributed by atoms with van der Waals surface area (Å²) < 4.78 is 5.76. The molecule has 2 amide bonds. The molecule has 0 radical (unpaired) electrons. The fraction of sp³-hybridized carbons (Fsp3) is 0.667. The van der Waals surface area contributed by atoms with Gasteiger partial charge in [-0.05, 0) is 68.4 Å². The second kappa shape index (κ2) is 11.2. The molecule has 1 heterocycles. The van der Waals surface area contributed by atoms with Crippen LogP contribution in [0, 0.1) is 35.0 Å². The summed E-state index contributed by atoms with van der Waals surface area (Å²) in [4.78, 5) is 41.2. The van der Waals surface area contributed by atoms with Crippen molar-refractivity contribution >= 4 is 17.6 Å². The van der Waals surface area contributed by atoms with Crippen molar-refractivity contribution in [2.24, 2.45) is 16.7 Å². The molecule has 1 unspecified atom stereocenters. The zero-order chi connectivity index (χ0) is 26.6. The van der Waals surface area contributed by atoms with Crippen molar-refractivity contribution < 1.29 is 19.1 Å². The first-order valence-corrected chi connectivity index (χ1v) is 13.8. The summed E-state index contributed by atoms with van der Waals surface area (Å²) >= 11 is 0. The summed E-state index contributed by atoms with van der Waals surface area (Å²) in [7, 11) is 0. The molecule has 2 saturated carbocycles. The lowest BCUT2D eigenvalue weighted by atomic mass is 9.71. The van der Waals surface area contributed by atoms with Gasteiger partial charge in [-0.25, -0.2) is 0 Å². The topological polar surface area (TPSA) is 99.5 Å². The molecule has 200 valence electrons. The second-order valence-electron chi connectivity index (χ2n) is 12.4. The van der Waals surface area contributed by atoms with Gasteiger partial charge in [0.2, 0.25) is 5.91 Å². The number of nitriles is 1. The van der Waals surface area contributed by atoms with Crippen LogP contribution in [-0.4, -0.2) is 47.7 Å². The van der Waals surface area contributed by atoms with E-state index in [0.29, 0.717) is 31.6 Å². The van der Waals surface area contributed by atoms with E-state index in [4.69, 9.17) is 4.74 Å². The van der Waals surface area contributed by atoms with Crippen LogP contribution in [0.2, 0.25) is 0 Å². The molecule has 0 aromatic heterocycles. The number of Topliss-reactive ketones (excluding diaryl/α,β-unsaturated/α-hetero) is 1. The van der Waals surface area contributed by atoms with Crippen molar-refractivity contribution in [3.05, 3.63) is 29.8 Å². The molecule has 4 rings (SSSR count). The van der Waals surface area contributed by atoms with Crippen LogP contribution in [0.3, 0.4) is 0 Å². The fourth-order valence-corrected chi connectivity index (χ4v) is 6.46. The smallest absolute Gasteiger partial charge is 0.261 e. The van der Waals surface area contributed by atoms with Gasteiger partial charge in [-0.3, -0.25) is 14.4 Å². The Bertz CT molecular complexity index is 1040. The van der Waals surface area contributed by atoms with Crippen molar-refractivity contribution in [1.29, 1.82) is 5.26 Å². The number of aryl methyl sites for hydroxylation is 1. The molecule has 0 bridgehead atoms. The zero-order valence-electron chi connectivity index (χ0n) is 22.6. The number of ketones is 1. The highest BCUT2D eigenvalue weighted by Gasteiger charge is 2.49. The number of nitrogens with one attached hydrogen (secondary N) is 1. The van der Waals surface area contributed by atoms with E-state index in [0.717, 1.165) is 44.1 Å². The highest BCUT2D eigenvalue weighted by Crippen LogP contribution is 2.46. The van der Waals surface area contributed by atoms with Gasteiger partial charge in [0.05, 0.1) is 6.07 Å². The van der Waals surface area contributed by atoms with Crippen LogP contribution in [0.4, 0.5) is 0 Å². The molecule has 1 aliphatic heterocycles. The quantitative estimate of drug-likeness (QED) is 0.576. The third-order valence-electron chi connectivity index (χ3n) is 8.70. The molecule has 2 aliphatic carbocycles. The summed E-state index contributed by atoms with van der Waals surface area (Å²) in [6.07, 6.45) is 8.56. The van der Waals surface area contributed by atoms with E-state index in [1.54, 1.807) is 4.90 Å². The number of rotatable bonds is 7. The molecular weight excluding hydrogens is 466 g/mol. The van der Waals surface area contributed by atoms with Gasteiger partial charge in [-0.15, -0.1) is 0 Å². The van der Waals surface area contributed by atoms with E-state index in [2.05, 4.69) is 25.2 Å². The summed E-state index contributed by atoms with van der Waals surface area (Å²) in [6, 6.07) is 8.38. The van der Waals surface area contributed by atoms with E-state index in [-0.39, 0.29) is 41.0 Å². The Morgan fingerprint density at radius 3 is 2.51 bits per heavy atom. The third-order valence-corrected chi connectivity index (χ3v) is 8.70. The minimum atomic E-state index is -0.744. The van der Waals surface area contributed by atoms with E-state index >= 15 is 0 Å². The van der Waals surface area contributed by atoms with Crippen LogP contribution >= 0.6 is 0 Å². The maximum absolute atomic E-state index is 13.5. The molecule has 1 aromatic rings. The van der Waals surface area contributed by atoms with Gasteiger partial charge in [0, 0.05) is 18.9 Å². The average Bonchev–Trinajstić information content (AvgIpc) is 3.23. The predicted octanol–water partition coefficient (Wildman–Crippen LogP) is 4.72. The Kier molecular flexibility index (Phi) is 8.26. The van der Waals surface area contributed by atoms with Crippen molar-refractivity contribution in [2.75, 3.05) is 13.2 Å². The average molecular weight is 508 g/mol. The van der Waals surface area contributed by atoms with Crippen LogP contribution in [0.5, 0.6) is 5.75 Å². The third kappa shape index (κ3) is 6.71. The van der Waals surface area contributed by atoms with Gasteiger partial charge in [-0.2, -0.15) is 5.26 Å². The standard InChI is InChI=1S/C30H41N3O4/c1-21-7-9-24(10-8-21)37-19-27(35)33-20-30(12-5-4-6-13-30)16-25(33)28(36)32-23(18-31)15-22-11-14-29(2,3)17-26(22)34/h7-10,22-23,25H,4-6,11-17,19-20H2,1-3H3,(H,32,36)/t22-,23-,25?/m0/s1. The minimum Gasteiger partial charge on any atom is -0.484 e. The Hall–Kier alpha value is -2.88. The largest absolute Gasteiger partial charge is 0.484 e. The number of carbonyl (C=O) groups excluding carboxylic acids is 3. The highest BCUT2D eigenvalue weighted by atomic mass is 16.5. The number of hydrogen-bond donors (Lipinski definition) is 1. The predicted molar refractivity (Wildman–Crippen MR) is 141 cm³/mol. The van der Waals surface area contributed by atoms with Crippen LogP contribution in [0.25, 0.3) is 0 Å². The maximum Gasteiger partial charge on any atom is 0.261 e. The van der Waals surface area contributed by atoms with Gasteiger partial charge in [0.15, 0.2) is 6.61 Å². The first-order valence-electron chi connectivity index (χ1n) is 13.8. The molecule has 1 spiro atoms. The molecular formula is C30H41N3O4. The molecule has 1 saturated heterocycles. The normalized spacial score (nSPS) is 25.4. The van der Waals surface area contributed by atoms with Gasteiger partial charge in [-0.1, -0.05) is 50.8 Å². The SMILES string of the molecule is Cc1ccc(OCC(=O)N2CC3(CCCCC3)CC2C(=O)N[C@H](C#N)C[C@@H]2CCC(C)(C)CC2=O)cc1. The molecule has 7 heteroatoms. The fourth-order valence-electron chi connectivity index (χ4n) is 6.46. The lowest BCUT2D eigenvalue weighted by Gasteiger charge is -2.34. The van der Waals surface area contributed by atoms with Crippen LogP contribution in [-0.2, 0) is 14.4 Å². The maximum atomic E-state index is 13.5. The molecule has 3 fully saturated rings. The van der Waals surface area contributed by atoms with Crippen LogP contribution < -0.4 is 10.1 Å². The van der Waals surface area contributed by atoms with Crippen molar-refractivity contribution in [3.63, 3.8) is 0 Å². The summed E-state index contributed by atoms with van der Waals surface area (Å²) in [5.41, 5.74) is 1.06. The van der Waals surface area contributed by atoms with Crippen LogP contribution in [0.15, 0.2) is 24.3 Å². The Balaban J connectivity index is 1.42. The van der Waals surface area contributed by atoms with Gasteiger partial charge < -0.3 is 15.0 Å². The van der Waals surface area contributed by atoms with Crippen LogP contribution in [0.1, 0.15) is 83.6 Å². The summed E-state index contributed by atoms with van der Waals surface area (Å²) in [5, 5.41) is 12.7. The highest BCUT2D eigenvalue weighted by molar-refractivity contribution is 5.89. The molecule has 37 heavy (non-hydrogen) atoms. The Labute approximate surface area is 220 Å². The lowest BCUT2D eigenvalue weighted by Crippen LogP contribution is -2.50. The zero-order valence-corrected chi connectivity index (χ0v) is 22.6. The molecule has 3 aliphatic rings. The Morgan fingerprint density at radius 1 is 1.16 bits per heavy atom. The minimum absolute atomic E-state index is 0.00134. The van der Waals surface area contributed by atoms with E-state index in [1.807, 2.05) is 31.2 Å². The summed E-state index contributed by atoms with van der Waals surface area (Å²) in [5.74, 6) is 0.101. The van der Waals surface area contributed by atoms with Gasteiger partial charge in [0.25, 0.3) is 5.91 Å². The number of carbonyl (C=O) groups is 3. The molecule has 1 N–H and O–H groups in total. The first-order chi connectivity index (χ1) is 17.6. The number of benzene rings is 1. The van der Waals surface area contributed by atoms with Gasteiger partial charge in [0.1, 0.15) is 23.6 Å². The van der Waals surface area contributed by atoms with E-state index in [1.165, 1.54) is 6.42 Å². The number of amides is 2. The number of hydrogen-bond acceptors (Lipinski definition) is 5. The molecule has 3 atom stereocenters. The summed E-state index contributed by atoms with van der Waals surface area (Å²) in [6.45, 7) is 6.61. The van der Waals surface area contributed by atoms with Gasteiger partial charge >= 0.3 is 0 Å². The molecule has 7 nitrogen and oxygen atoms in total. The van der Waals surface area contributed by atoms with Crippen molar-refractivity contribution in [3.8, 4) is 11.8 Å². The monoisotopic (exact) mass is 507 g/mol. The Morgan fingerprint density at radius 2 is 1.86 bits per heavy atom. The first kappa shape index (κ1) is 27.2. The lowest BCUT2D eigenvalue weighted by molar-refractivity contribution is -0.140. The number of ether oxygens (including phenoxy) is 1. The van der Waals surface area contributed by atoms with Crippen molar-refractivity contribution in [2.45, 2.75) is 97.1 Å². The second-order valence-corrected chi connectivity index (χ2v) is 12.4. The number of likely N-dealkylation sites (tertiary alicyclic amines) is 1. The van der Waals surface area contributed by atoms with E-state index < -0.39 is 12.1 Å².